The first-order chi connectivity index (χ1) is 10.2. The SMILES string of the molecule is Clc1ccc(COc2c(Br)cccc2-c2c[nH]cn2)cc1. The fourth-order valence-electron chi connectivity index (χ4n) is 2.00. The molecule has 0 bridgehead atoms. The number of aromatic amines is 1. The van der Waals surface area contributed by atoms with Gasteiger partial charge in [-0.3, -0.25) is 0 Å². The number of hydrogen-bond acceptors (Lipinski definition) is 2. The van der Waals surface area contributed by atoms with Crippen LogP contribution >= 0.6 is 27.5 Å². The number of H-pyrrole nitrogens is 1. The molecule has 0 fully saturated rings. The van der Waals surface area contributed by atoms with Crippen molar-refractivity contribution >= 4 is 27.5 Å². The molecule has 0 aliphatic heterocycles. The Morgan fingerprint density at radius 3 is 2.67 bits per heavy atom. The van der Waals surface area contributed by atoms with Crippen LogP contribution < -0.4 is 4.74 Å². The lowest BCUT2D eigenvalue weighted by Crippen LogP contribution is -1.98. The maximum absolute atomic E-state index is 5.97. The standard InChI is InChI=1S/C16H12BrClN2O/c17-14-3-1-2-13(15-8-19-10-20-15)16(14)21-9-11-4-6-12(18)7-5-11/h1-8,10H,9H2,(H,19,20). The minimum absolute atomic E-state index is 0.469. The van der Waals surface area contributed by atoms with Crippen molar-refractivity contribution in [3.63, 3.8) is 0 Å². The van der Waals surface area contributed by atoms with Crippen LogP contribution in [0.5, 0.6) is 5.75 Å². The molecule has 0 saturated heterocycles. The fraction of sp³-hybridized carbons (Fsp3) is 0.0625. The van der Waals surface area contributed by atoms with Gasteiger partial charge in [0.25, 0.3) is 0 Å². The van der Waals surface area contributed by atoms with E-state index < -0.39 is 0 Å². The third-order valence-corrected chi connectivity index (χ3v) is 3.91. The number of nitrogens with zero attached hydrogens (tertiary/aromatic N) is 1. The Labute approximate surface area is 136 Å². The summed E-state index contributed by atoms with van der Waals surface area (Å²) in [6, 6.07) is 13.5. The van der Waals surface area contributed by atoms with Gasteiger partial charge in [0.2, 0.25) is 0 Å². The molecule has 2 aromatic carbocycles. The summed E-state index contributed by atoms with van der Waals surface area (Å²) in [6.07, 6.45) is 3.50. The first-order valence-corrected chi connectivity index (χ1v) is 7.56. The number of nitrogens with one attached hydrogen (secondary N) is 1. The molecule has 0 aliphatic rings. The van der Waals surface area contributed by atoms with Crippen LogP contribution in [-0.2, 0) is 6.61 Å². The van der Waals surface area contributed by atoms with E-state index >= 15 is 0 Å². The van der Waals surface area contributed by atoms with Crippen molar-refractivity contribution in [3.05, 3.63) is 70.0 Å². The molecule has 0 unspecified atom stereocenters. The molecule has 3 aromatic rings. The average Bonchev–Trinajstić information content (AvgIpc) is 3.01. The van der Waals surface area contributed by atoms with Crippen LogP contribution in [0.4, 0.5) is 0 Å². The van der Waals surface area contributed by atoms with E-state index in [0.717, 1.165) is 32.1 Å². The van der Waals surface area contributed by atoms with Gasteiger partial charge in [0.15, 0.2) is 0 Å². The van der Waals surface area contributed by atoms with Gasteiger partial charge in [0.1, 0.15) is 12.4 Å². The minimum Gasteiger partial charge on any atom is -0.487 e. The smallest absolute Gasteiger partial charge is 0.143 e. The zero-order valence-electron chi connectivity index (χ0n) is 11.0. The van der Waals surface area contributed by atoms with E-state index in [2.05, 4.69) is 25.9 Å². The lowest BCUT2D eigenvalue weighted by Gasteiger charge is -2.12. The number of halogens is 2. The highest BCUT2D eigenvalue weighted by molar-refractivity contribution is 9.10. The molecule has 0 aliphatic carbocycles. The summed E-state index contributed by atoms with van der Waals surface area (Å²) < 4.78 is 6.87. The van der Waals surface area contributed by atoms with Crippen molar-refractivity contribution in [2.45, 2.75) is 6.61 Å². The monoisotopic (exact) mass is 362 g/mol. The molecule has 0 spiro atoms. The second-order valence-electron chi connectivity index (χ2n) is 4.49. The first kappa shape index (κ1) is 14.2. The predicted molar refractivity (Wildman–Crippen MR) is 87.5 cm³/mol. The quantitative estimate of drug-likeness (QED) is 0.702. The third-order valence-electron chi connectivity index (χ3n) is 3.04. The topological polar surface area (TPSA) is 37.9 Å². The van der Waals surface area contributed by atoms with E-state index in [0.29, 0.717) is 6.61 Å². The lowest BCUT2D eigenvalue weighted by atomic mass is 10.1. The molecule has 3 rings (SSSR count). The van der Waals surface area contributed by atoms with Gasteiger partial charge < -0.3 is 9.72 Å². The Bertz CT molecular complexity index is 727. The summed E-state index contributed by atoms with van der Waals surface area (Å²) in [6.45, 7) is 0.469. The molecule has 1 aromatic heterocycles. The largest absolute Gasteiger partial charge is 0.487 e. The van der Waals surface area contributed by atoms with Crippen molar-refractivity contribution in [1.82, 2.24) is 9.97 Å². The molecule has 0 radical (unpaired) electrons. The number of hydrogen-bond donors (Lipinski definition) is 1. The highest BCUT2D eigenvalue weighted by Gasteiger charge is 2.11. The molecular formula is C16H12BrClN2O. The number of rotatable bonds is 4. The maximum atomic E-state index is 5.97. The zero-order valence-corrected chi connectivity index (χ0v) is 13.4. The van der Waals surface area contributed by atoms with Crippen molar-refractivity contribution in [2.24, 2.45) is 0 Å². The van der Waals surface area contributed by atoms with Crippen LogP contribution in [0.1, 0.15) is 5.56 Å². The molecule has 106 valence electrons. The fourth-order valence-corrected chi connectivity index (χ4v) is 2.61. The second kappa shape index (κ2) is 6.33. The Balaban J connectivity index is 1.86. The second-order valence-corrected chi connectivity index (χ2v) is 5.78. The van der Waals surface area contributed by atoms with Gasteiger partial charge >= 0.3 is 0 Å². The molecule has 3 nitrogen and oxygen atoms in total. The van der Waals surface area contributed by atoms with Crippen LogP contribution in [0.3, 0.4) is 0 Å². The zero-order chi connectivity index (χ0) is 14.7. The molecular weight excluding hydrogens is 352 g/mol. The molecule has 5 heteroatoms. The summed E-state index contributed by atoms with van der Waals surface area (Å²) in [7, 11) is 0. The number of imidazole rings is 1. The van der Waals surface area contributed by atoms with Crippen LogP contribution in [-0.4, -0.2) is 9.97 Å². The van der Waals surface area contributed by atoms with E-state index in [9.17, 15) is 0 Å². The number of aromatic nitrogens is 2. The third kappa shape index (κ3) is 3.28. The molecule has 21 heavy (non-hydrogen) atoms. The minimum atomic E-state index is 0.469. The molecule has 0 saturated carbocycles. The normalized spacial score (nSPS) is 10.6. The highest BCUT2D eigenvalue weighted by Crippen LogP contribution is 2.35. The summed E-state index contributed by atoms with van der Waals surface area (Å²) in [5.74, 6) is 0.777. The van der Waals surface area contributed by atoms with Crippen LogP contribution in [0.15, 0.2) is 59.5 Å². The number of para-hydroxylation sites is 1. The van der Waals surface area contributed by atoms with Crippen molar-refractivity contribution in [3.8, 4) is 17.0 Å². The van der Waals surface area contributed by atoms with Crippen LogP contribution in [0, 0.1) is 0 Å². The molecule has 1 heterocycles. The van der Waals surface area contributed by atoms with E-state index in [4.69, 9.17) is 16.3 Å². The summed E-state index contributed by atoms with van der Waals surface area (Å²) in [4.78, 5) is 7.24. The van der Waals surface area contributed by atoms with Gasteiger partial charge in [0, 0.05) is 16.8 Å². The van der Waals surface area contributed by atoms with Gasteiger partial charge in [-0.2, -0.15) is 0 Å². The van der Waals surface area contributed by atoms with Crippen molar-refractivity contribution in [1.29, 1.82) is 0 Å². The van der Waals surface area contributed by atoms with E-state index in [1.807, 2.05) is 48.7 Å². The molecule has 0 amide bonds. The first-order valence-electron chi connectivity index (χ1n) is 6.39. The Morgan fingerprint density at radius 2 is 1.95 bits per heavy atom. The van der Waals surface area contributed by atoms with Gasteiger partial charge in [-0.15, -0.1) is 0 Å². The molecule has 1 N–H and O–H groups in total. The lowest BCUT2D eigenvalue weighted by molar-refractivity contribution is 0.305. The Hall–Kier alpha value is -1.78. The maximum Gasteiger partial charge on any atom is 0.143 e. The van der Waals surface area contributed by atoms with Gasteiger partial charge in [0.05, 0.1) is 16.5 Å². The van der Waals surface area contributed by atoms with E-state index in [1.54, 1.807) is 6.33 Å². The van der Waals surface area contributed by atoms with Crippen LogP contribution in [0.2, 0.25) is 5.02 Å². The van der Waals surface area contributed by atoms with E-state index in [1.165, 1.54) is 0 Å². The van der Waals surface area contributed by atoms with Crippen molar-refractivity contribution in [2.75, 3.05) is 0 Å². The highest BCUT2D eigenvalue weighted by atomic mass is 79.9. The van der Waals surface area contributed by atoms with Gasteiger partial charge in [-0.1, -0.05) is 29.8 Å². The van der Waals surface area contributed by atoms with Crippen LogP contribution in [0.25, 0.3) is 11.3 Å². The number of benzene rings is 2. The Morgan fingerprint density at radius 1 is 1.14 bits per heavy atom. The van der Waals surface area contributed by atoms with E-state index in [-0.39, 0.29) is 0 Å². The number of ether oxygens (including phenoxy) is 1. The van der Waals surface area contributed by atoms with Crippen molar-refractivity contribution < 1.29 is 4.74 Å². The average molecular weight is 364 g/mol. The Kier molecular flexibility index (Phi) is 4.27. The summed E-state index contributed by atoms with van der Waals surface area (Å²) in [5.41, 5.74) is 2.85. The van der Waals surface area contributed by atoms with Gasteiger partial charge in [-0.25, -0.2) is 4.98 Å². The predicted octanol–water partition coefficient (Wildman–Crippen LogP) is 5.07. The molecule has 0 atom stereocenters. The van der Waals surface area contributed by atoms with Gasteiger partial charge in [-0.05, 0) is 45.8 Å². The summed E-state index contributed by atoms with van der Waals surface area (Å²) in [5, 5.41) is 0.719. The summed E-state index contributed by atoms with van der Waals surface area (Å²) >= 11 is 9.42.